The molecule has 2 aromatic heterocycles. The van der Waals surface area contributed by atoms with Crippen LogP contribution in [0.1, 0.15) is 62.3 Å². The highest BCUT2D eigenvalue weighted by Gasteiger charge is 2.40. The number of nitrogens with one attached hydrogen (secondary N) is 1. The number of alkyl halides is 3. The molecule has 14 nitrogen and oxygen atoms in total. The van der Waals surface area contributed by atoms with Crippen molar-refractivity contribution in [1.82, 2.24) is 29.3 Å². The number of para-hydroxylation sites is 4. The molecule has 338 valence electrons. The molecule has 1 amide bonds. The first kappa shape index (κ1) is 45.6. The van der Waals surface area contributed by atoms with Crippen molar-refractivity contribution in [1.29, 1.82) is 0 Å². The van der Waals surface area contributed by atoms with E-state index in [-0.39, 0.29) is 54.6 Å². The minimum absolute atomic E-state index is 0.0278. The molecule has 1 N–H and O–H groups in total. The number of hydrogen-bond donors (Lipinski definition) is 1. The Morgan fingerprint density at radius 1 is 0.844 bits per heavy atom. The summed E-state index contributed by atoms with van der Waals surface area (Å²) < 4.78 is 67.3. The van der Waals surface area contributed by atoms with E-state index in [9.17, 15) is 27.6 Å². The number of carbonyl (C=O) groups excluding carboxylic acids is 3. The second-order valence-corrected chi connectivity index (χ2v) is 15.7. The summed E-state index contributed by atoms with van der Waals surface area (Å²) in [6, 6.07) is 24.5. The first-order valence-corrected chi connectivity index (χ1v) is 20.9. The van der Waals surface area contributed by atoms with Crippen LogP contribution in [0.2, 0.25) is 0 Å². The molecule has 0 radical (unpaired) electrons. The lowest BCUT2D eigenvalue weighted by atomic mass is 9.84. The number of imidazole rings is 2. The lowest BCUT2D eigenvalue weighted by Crippen LogP contribution is -2.49. The van der Waals surface area contributed by atoms with E-state index in [1.165, 1.54) is 21.3 Å². The van der Waals surface area contributed by atoms with Gasteiger partial charge in [-0.3, -0.25) is 19.3 Å². The minimum Gasteiger partial charge on any atom is -0.497 e. The first-order valence-electron chi connectivity index (χ1n) is 20.9. The summed E-state index contributed by atoms with van der Waals surface area (Å²) in [5, 5.41) is 0. The maximum absolute atomic E-state index is 14.6. The first-order chi connectivity index (χ1) is 30.8. The van der Waals surface area contributed by atoms with Crippen molar-refractivity contribution in [2.24, 2.45) is 5.92 Å². The van der Waals surface area contributed by atoms with Crippen molar-refractivity contribution in [3.8, 4) is 23.0 Å². The van der Waals surface area contributed by atoms with Gasteiger partial charge in [-0.05, 0) is 86.4 Å². The Labute approximate surface area is 368 Å². The molecule has 0 saturated carbocycles. The number of rotatable bonds is 19. The van der Waals surface area contributed by atoms with Crippen LogP contribution in [0.4, 0.5) is 13.2 Å². The Bertz CT molecular complexity index is 2550. The predicted molar refractivity (Wildman–Crippen MR) is 233 cm³/mol. The minimum atomic E-state index is -4.49. The van der Waals surface area contributed by atoms with Gasteiger partial charge in [-0.1, -0.05) is 36.4 Å². The SMILES string of the molecule is COc1cccc(C(CCN2CCC(C(=O)c3nc4ccccc4n3CCOCC(F)(F)F)CC2C(=O)c2nc3ccccc3[nH]2)CN(C)C(=O)c2cc(OC)c(OC)c(OC)c2)c1. The highest BCUT2D eigenvalue weighted by molar-refractivity contribution is 6.02. The number of methoxy groups -OCH3 is 4. The van der Waals surface area contributed by atoms with Crippen LogP contribution in [-0.4, -0.2) is 127 Å². The standard InChI is InChI=1S/C47H51F3N6O8/c1-54(46(59)32-25-39(61-3)43(63-5)40(26-32)62-4)27-31(29-11-10-12-33(23-29)60-2)18-20-55-19-17-30(24-38(55)42(58)44-51-34-13-6-7-14-35(34)52-44)41(57)45-53-36-15-8-9-16-37(36)56(45)21-22-64-28-47(48,49)50/h6-16,23,25-26,30-31,38H,17-22,24,27-28H2,1-5H3,(H,51,52). The molecule has 17 heteroatoms. The summed E-state index contributed by atoms with van der Waals surface area (Å²) in [6.45, 7) is -0.648. The van der Waals surface area contributed by atoms with Crippen LogP contribution < -0.4 is 18.9 Å². The largest absolute Gasteiger partial charge is 0.497 e. The van der Waals surface area contributed by atoms with Crippen molar-refractivity contribution in [2.75, 3.05) is 68.3 Å². The van der Waals surface area contributed by atoms with Gasteiger partial charge in [-0.25, -0.2) is 9.97 Å². The molecule has 0 spiro atoms. The van der Waals surface area contributed by atoms with Crippen molar-refractivity contribution in [3.63, 3.8) is 0 Å². The number of ether oxygens (including phenoxy) is 5. The maximum atomic E-state index is 14.6. The van der Waals surface area contributed by atoms with E-state index < -0.39 is 24.7 Å². The number of nitrogens with zero attached hydrogens (tertiary/aromatic N) is 5. The van der Waals surface area contributed by atoms with Gasteiger partial charge in [0.25, 0.3) is 5.91 Å². The fraction of sp³-hybridized carbons (Fsp3) is 0.383. The van der Waals surface area contributed by atoms with E-state index in [1.54, 1.807) is 60.0 Å². The van der Waals surface area contributed by atoms with Crippen molar-refractivity contribution >= 4 is 39.5 Å². The number of aromatic amines is 1. The Hall–Kier alpha value is -6.46. The van der Waals surface area contributed by atoms with Crippen molar-refractivity contribution in [2.45, 2.75) is 43.9 Å². The fourth-order valence-corrected chi connectivity index (χ4v) is 8.46. The Morgan fingerprint density at radius 2 is 1.56 bits per heavy atom. The summed E-state index contributed by atoms with van der Waals surface area (Å²) in [5.41, 5.74) is 3.69. The molecule has 7 rings (SSSR count). The third kappa shape index (κ3) is 10.2. The molecular weight excluding hydrogens is 834 g/mol. The summed E-state index contributed by atoms with van der Waals surface area (Å²) in [7, 11) is 7.77. The summed E-state index contributed by atoms with van der Waals surface area (Å²) in [4.78, 5) is 59.4. The molecule has 3 atom stereocenters. The van der Waals surface area contributed by atoms with Crippen LogP contribution in [0.15, 0.2) is 84.9 Å². The number of carbonyl (C=O) groups is 3. The highest BCUT2D eigenvalue weighted by Crippen LogP contribution is 2.39. The molecule has 1 aliphatic rings. The maximum Gasteiger partial charge on any atom is 0.411 e. The second-order valence-electron chi connectivity index (χ2n) is 15.7. The van der Waals surface area contributed by atoms with Crippen LogP contribution in [0.5, 0.6) is 23.0 Å². The van der Waals surface area contributed by atoms with Gasteiger partial charge in [-0.2, -0.15) is 13.2 Å². The lowest BCUT2D eigenvalue weighted by Gasteiger charge is -2.38. The zero-order valence-corrected chi connectivity index (χ0v) is 36.3. The highest BCUT2D eigenvalue weighted by atomic mass is 19.4. The summed E-state index contributed by atoms with van der Waals surface area (Å²) >= 11 is 0. The van der Waals surface area contributed by atoms with Crippen molar-refractivity contribution in [3.05, 3.63) is 108 Å². The van der Waals surface area contributed by atoms with Gasteiger partial charge in [0, 0.05) is 37.5 Å². The van der Waals surface area contributed by atoms with Gasteiger partial charge in [0.05, 0.1) is 63.2 Å². The number of likely N-dealkylation sites (N-methyl/N-ethyl adjacent to an activating group) is 1. The normalized spacial score (nSPS) is 16.1. The molecule has 64 heavy (non-hydrogen) atoms. The fourth-order valence-electron chi connectivity index (χ4n) is 8.46. The Kier molecular flexibility index (Phi) is 14.2. The molecule has 1 saturated heterocycles. The van der Waals surface area contributed by atoms with Crippen LogP contribution >= 0.6 is 0 Å². The number of fused-ring (bicyclic) bond motifs is 2. The molecule has 3 unspecified atom stereocenters. The third-order valence-electron chi connectivity index (χ3n) is 11.7. The number of hydrogen-bond acceptors (Lipinski definition) is 11. The van der Waals surface area contributed by atoms with Gasteiger partial charge in [0.2, 0.25) is 17.3 Å². The van der Waals surface area contributed by atoms with Crippen LogP contribution in [-0.2, 0) is 11.3 Å². The molecule has 4 aromatic carbocycles. The Balaban J connectivity index is 1.16. The Morgan fingerprint density at radius 3 is 2.25 bits per heavy atom. The number of amides is 1. The van der Waals surface area contributed by atoms with E-state index >= 15 is 0 Å². The second kappa shape index (κ2) is 19.9. The number of halogens is 3. The summed E-state index contributed by atoms with van der Waals surface area (Å²) in [5.74, 6) is 0.230. The topological polar surface area (TPSA) is 150 Å². The number of H-pyrrole nitrogens is 1. The molecule has 0 bridgehead atoms. The molecule has 0 aliphatic carbocycles. The van der Waals surface area contributed by atoms with E-state index in [4.69, 9.17) is 23.7 Å². The van der Waals surface area contributed by atoms with Crippen molar-refractivity contribution < 1.29 is 51.2 Å². The molecule has 3 heterocycles. The van der Waals surface area contributed by atoms with E-state index in [0.717, 1.165) is 5.56 Å². The van der Waals surface area contributed by atoms with Gasteiger partial charge < -0.3 is 38.1 Å². The van der Waals surface area contributed by atoms with Crippen LogP contribution in [0.25, 0.3) is 22.1 Å². The average molecular weight is 885 g/mol. The van der Waals surface area contributed by atoms with Gasteiger partial charge in [0.1, 0.15) is 12.4 Å². The van der Waals surface area contributed by atoms with E-state index in [0.29, 0.717) is 83.1 Å². The van der Waals surface area contributed by atoms with Gasteiger partial charge >= 0.3 is 6.18 Å². The number of aromatic nitrogens is 4. The third-order valence-corrected chi connectivity index (χ3v) is 11.7. The molecule has 1 fully saturated rings. The van der Waals surface area contributed by atoms with Crippen LogP contribution in [0, 0.1) is 5.92 Å². The quantitative estimate of drug-likeness (QED) is 0.0633. The zero-order valence-electron chi connectivity index (χ0n) is 36.3. The van der Waals surface area contributed by atoms with Gasteiger partial charge in [-0.15, -0.1) is 0 Å². The molecule has 1 aliphatic heterocycles. The predicted octanol–water partition coefficient (Wildman–Crippen LogP) is 7.62. The average Bonchev–Trinajstić information content (AvgIpc) is 3.92. The molecule has 6 aromatic rings. The zero-order chi connectivity index (χ0) is 45.5. The number of ketones is 2. The van der Waals surface area contributed by atoms with Crippen LogP contribution in [0.3, 0.4) is 0 Å². The molecular formula is C47H51F3N6O8. The smallest absolute Gasteiger partial charge is 0.411 e. The number of piperidine rings is 1. The number of likely N-dealkylation sites (tertiary alicyclic amines) is 1. The lowest BCUT2D eigenvalue weighted by molar-refractivity contribution is -0.174. The number of Topliss-reactive ketones (excluding diaryl/α,β-unsaturated/α-hetero) is 2. The van der Waals surface area contributed by atoms with Gasteiger partial charge in [0.15, 0.2) is 23.1 Å². The number of benzene rings is 4. The summed E-state index contributed by atoms with van der Waals surface area (Å²) in [6.07, 6.45) is -3.45. The van der Waals surface area contributed by atoms with E-state index in [2.05, 4.69) is 19.9 Å². The monoisotopic (exact) mass is 884 g/mol. The van der Waals surface area contributed by atoms with E-state index in [1.807, 2.05) is 48.5 Å².